The lowest BCUT2D eigenvalue weighted by Gasteiger charge is -2.24. The number of thioether (sulfide) groups is 1. The van der Waals surface area contributed by atoms with E-state index in [4.69, 9.17) is 5.26 Å². The summed E-state index contributed by atoms with van der Waals surface area (Å²) in [6.07, 6.45) is -0.352. The molecule has 2 aliphatic heterocycles. The SMILES string of the molecule is N#CCC(=O)N=C1SC2CS(=O)(=O)CC2N1c1cccc(F)c1. The van der Waals surface area contributed by atoms with Crippen molar-refractivity contribution in [1.82, 2.24) is 0 Å². The Morgan fingerprint density at radius 1 is 1.48 bits per heavy atom. The molecule has 6 nitrogen and oxygen atoms in total. The molecule has 2 fully saturated rings. The fourth-order valence-corrected chi connectivity index (χ4v) is 6.64. The first-order valence-corrected chi connectivity index (χ1v) is 9.50. The number of rotatable bonds is 2. The molecule has 0 aromatic heterocycles. The summed E-state index contributed by atoms with van der Waals surface area (Å²) in [5, 5.41) is 8.64. The van der Waals surface area contributed by atoms with Gasteiger partial charge in [-0.05, 0) is 18.2 Å². The lowest BCUT2D eigenvalue weighted by atomic mass is 10.2. The average molecular weight is 353 g/mol. The standard InChI is InChI=1S/C14H12FN3O3S2/c15-9-2-1-3-10(6-9)18-11-7-23(20,21)8-12(11)22-14(18)17-13(19)4-5-16/h1-3,6,11-12H,4,7-8H2. The first-order valence-electron chi connectivity index (χ1n) is 6.80. The monoisotopic (exact) mass is 353 g/mol. The number of nitriles is 1. The average Bonchev–Trinajstić information content (AvgIpc) is 2.89. The number of hydrogen-bond acceptors (Lipinski definition) is 5. The lowest BCUT2D eigenvalue weighted by Crippen LogP contribution is -2.37. The van der Waals surface area contributed by atoms with E-state index < -0.39 is 21.6 Å². The number of sulfone groups is 1. The van der Waals surface area contributed by atoms with Crippen molar-refractivity contribution in [1.29, 1.82) is 5.26 Å². The molecule has 9 heteroatoms. The van der Waals surface area contributed by atoms with Crippen LogP contribution in [0.1, 0.15) is 6.42 Å². The number of benzene rings is 1. The second-order valence-electron chi connectivity index (χ2n) is 5.27. The molecule has 2 heterocycles. The van der Waals surface area contributed by atoms with Crippen LogP contribution in [0.4, 0.5) is 10.1 Å². The molecule has 0 N–H and O–H groups in total. The van der Waals surface area contributed by atoms with Crippen LogP contribution < -0.4 is 4.90 Å². The zero-order valence-electron chi connectivity index (χ0n) is 11.8. The number of aliphatic imine (C=N–C) groups is 1. The molecule has 2 aliphatic rings. The third-order valence-corrected chi connectivity index (χ3v) is 6.81. The van der Waals surface area contributed by atoms with Crippen molar-refractivity contribution >= 4 is 38.4 Å². The maximum Gasteiger partial charge on any atom is 0.262 e. The molecule has 1 amide bonds. The van der Waals surface area contributed by atoms with E-state index in [9.17, 15) is 17.6 Å². The van der Waals surface area contributed by atoms with Crippen LogP contribution in [0.25, 0.3) is 0 Å². The van der Waals surface area contributed by atoms with Gasteiger partial charge in [0, 0.05) is 10.9 Å². The van der Waals surface area contributed by atoms with E-state index in [0.29, 0.717) is 10.9 Å². The summed E-state index contributed by atoms with van der Waals surface area (Å²) >= 11 is 1.19. The number of amides is 1. The van der Waals surface area contributed by atoms with Gasteiger partial charge in [-0.2, -0.15) is 10.3 Å². The number of anilines is 1. The molecule has 23 heavy (non-hydrogen) atoms. The van der Waals surface area contributed by atoms with E-state index in [1.165, 1.54) is 30.0 Å². The molecule has 0 aliphatic carbocycles. The first-order chi connectivity index (χ1) is 10.9. The van der Waals surface area contributed by atoms with Crippen LogP contribution in [-0.4, -0.2) is 42.3 Å². The summed E-state index contributed by atoms with van der Waals surface area (Å²) in [5.41, 5.74) is 0.450. The molecule has 2 unspecified atom stereocenters. The molecular formula is C14H12FN3O3S2. The van der Waals surface area contributed by atoms with Crippen LogP contribution in [0.3, 0.4) is 0 Å². The molecule has 1 aromatic carbocycles. The summed E-state index contributed by atoms with van der Waals surface area (Å²) in [4.78, 5) is 17.2. The fraction of sp³-hybridized carbons (Fsp3) is 0.357. The van der Waals surface area contributed by atoms with E-state index in [-0.39, 0.29) is 29.2 Å². The predicted molar refractivity (Wildman–Crippen MR) is 85.4 cm³/mol. The number of fused-ring (bicyclic) bond motifs is 1. The zero-order chi connectivity index (χ0) is 16.6. The Morgan fingerprint density at radius 3 is 2.96 bits per heavy atom. The number of halogens is 1. The first kappa shape index (κ1) is 16.0. The van der Waals surface area contributed by atoms with Gasteiger partial charge in [0.1, 0.15) is 12.2 Å². The van der Waals surface area contributed by atoms with Crippen molar-refractivity contribution in [3.8, 4) is 6.07 Å². The summed E-state index contributed by atoms with van der Waals surface area (Å²) in [5.74, 6) is -1.12. The quantitative estimate of drug-likeness (QED) is 0.797. The van der Waals surface area contributed by atoms with E-state index in [2.05, 4.69) is 4.99 Å². The van der Waals surface area contributed by atoms with Crippen LogP contribution in [0.2, 0.25) is 0 Å². The van der Waals surface area contributed by atoms with Crippen LogP contribution in [-0.2, 0) is 14.6 Å². The molecule has 0 saturated carbocycles. The Hall–Kier alpha value is -1.92. The van der Waals surface area contributed by atoms with Crippen molar-refractivity contribution in [3.05, 3.63) is 30.1 Å². The minimum Gasteiger partial charge on any atom is -0.315 e. The number of nitrogens with zero attached hydrogens (tertiary/aromatic N) is 3. The molecule has 0 bridgehead atoms. The zero-order valence-corrected chi connectivity index (χ0v) is 13.5. The van der Waals surface area contributed by atoms with Gasteiger partial charge in [0.2, 0.25) is 0 Å². The molecule has 1 aromatic rings. The normalized spacial score (nSPS) is 27.0. The van der Waals surface area contributed by atoms with Crippen LogP contribution >= 0.6 is 11.8 Å². The van der Waals surface area contributed by atoms with Crippen LogP contribution in [0, 0.1) is 17.1 Å². The van der Waals surface area contributed by atoms with Gasteiger partial charge in [0.05, 0.1) is 23.6 Å². The maximum atomic E-state index is 13.5. The molecule has 0 radical (unpaired) electrons. The van der Waals surface area contributed by atoms with E-state index in [0.717, 1.165) is 0 Å². The molecule has 3 rings (SSSR count). The van der Waals surface area contributed by atoms with Gasteiger partial charge in [-0.3, -0.25) is 4.79 Å². The third-order valence-electron chi connectivity index (χ3n) is 3.60. The van der Waals surface area contributed by atoms with Gasteiger partial charge in [-0.25, -0.2) is 12.8 Å². The minimum absolute atomic E-state index is 0.000387. The minimum atomic E-state index is -3.17. The van der Waals surface area contributed by atoms with Gasteiger partial charge in [0.15, 0.2) is 15.0 Å². The third kappa shape index (κ3) is 3.23. The maximum absolute atomic E-state index is 13.5. The van der Waals surface area contributed by atoms with Crippen molar-refractivity contribution < 1.29 is 17.6 Å². The molecule has 0 spiro atoms. The number of hydrogen-bond donors (Lipinski definition) is 0. The summed E-state index contributed by atoms with van der Waals surface area (Å²) < 4.78 is 37.2. The largest absolute Gasteiger partial charge is 0.315 e. The smallest absolute Gasteiger partial charge is 0.262 e. The van der Waals surface area contributed by atoms with Crippen molar-refractivity contribution in [2.24, 2.45) is 4.99 Å². The van der Waals surface area contributed by atoms with Crippen molar-refractivity contribution in [3.63, 3.8) is 0 Å². The van der Waals surface area contributed by atoms with E-state index in [1.807, 2.05) is 0 Å². The molecule has 120 valence electrons. The number of carbonyl (C=O) groups excluding carboxylic acids is 1. The van der Waals surface area contributed by atoms with E-state index >= 15 is 0 Å². The second-order valence-corrected chi connectivity index (χ2v) is 8.63. The number of amidine groups is 1. The summed E-state index contributed by atoms with van der Waals surface area (Å²) in [6, 6.07) is 7.06. The van der Waals surface area contributed by atoms with Crippen molar-refractivity contribution in [2.75, 3.05) is 16.4 Å². The Labute approximate surface area is 136 Å². The summed E-state index contributed by atoms with van der Waals surface area (Å²) in [7, 11) is -3.17. The van der Waals surface area contributed by atoms with Gasteiger partial charge < -0.3 is 4.90 Å². The van der Waals surface area contributed by atoms with E-state index in [1.54, 1.807) is 17.0 Å². The highest BCUT2D eigenvalue weighted by Gasteiger charge is 2.49. The highest BCUT2D eigenvalue weighted by molar-refractivity contribution is 8.16. The summed E-state index contributed by atoms with van der Waals surface area (Å²) in [6.45, 7) is 0. The Kier molecular flexibility index (Phi) is 4.12. The predicted octanol–water partition coefficient (Wildman–Crippen LogP) is 1.34. The topological polar surface area (TPSA) is 90.6 Å². The number of carbonyl (C=O) groups is 1. The Bertz CT molecular complexity index is 832. The molecule has 2 saturated heterocycles. The molecule has 2 atom stereocenters. The van der Waals surface area contributed by atoms with Gasteiger partial charge in [0.25, 0.3) is 5.91 Å². The van der Waals surface area contributed by atoms with Gasteiger partial charge in [-0.15, -0.1) is 0 Å². The van der Waals surface area contributed by atoms with Crippen molar-refractivity contribution in [2.45, 2.75) is 17.7 Å². The highest BCUT2D eigenvalue weighted by Crippen LogP contribution is 2.41. The van der Waals surface area contributed by atoms with Crippen LogP contribution in [0.5, 0.6) is 0 Å². The second kappa shape index (κ2) is 5.94. The lowest BCUT2D eigenvalue weighted by molar-refractivity contribution is -0.116. The fourth-order valence-electron chi connectivity index (χ4n) is 2.71. The van der Waals surface area contributed by atoms with Gasteiger partial charge in [-0.1, -0.05) is 17.8 Å². The van der Waals surface area contributed by atoms with Gasteiger partial charge >= 0.3 is 0 Å². The Balaban J connectivity index is 2.01. The highest BCUT2D eigenvalue weighted by atomic mass is 32.2. The molecular weight excluding hydrogens is 341 g/mol. The Morgan fingerprint density at radius 2 is 2.26 bits per heavy atom. The van der Waals surface area contributed by atoms with Crippen LogP contribution in [0.15, 0.2) is 29.3 Å².